The summed E-state index contributed by atoms with van der Waals surface area (Å²) in [4.78, 5) is 25.4. The first kappa shape index (κ1) is 21.3. The number of hydrogen-bond donors (Lipinski definition) is 1. The average Bonchev–Trinajstić information content (AvgIpc) is 3.56. The van der Waals surface area contributed by atoms with Gasteiger partial charge < -0.3 is 15.1 Å². The van der Waals surface area contributed by atoms with Crippen molar-refractivity contribution >= 4 is 27.6 Å². The molecular formula is C20H32N6O3S. The summed E-state index contributed by atoms with van der Waals surface area (Å²) in [7, 11) is -3.16. The molecule has 1 amide bonds. The van der Waals surface area contributed by atoms with Gasteiger partial charge in [-0.15, -0.1) is 0 Å². The van der Waals surface area contributed by atoms with Crippen molar-refractivity contribution in [1.82, 2.24) is 19.2 Å². The Morgan fingerprint density at radius 3 is 2.40 bits per heavy atom. The van der Waals surface area contributed by atoms with Gasteiger partial charge in [-0.1, -0.05) is 0 Å². The fourth-order valence-corrected chi connectivity index (χ4v) is 5.07. The molecule has 3 aliphatic rings. The summed E-state index contributed by atoms with van der Waals surface area (Å²) in [5.74, 6) is 2.59. The third kappa shape index (κ3) is 5.60. The third-order valence-electron chi connectivity index (χ3n) is 6.35. The molecule has 2 saturated heterocycles. The molecule has 1 saturated carbocycles. The van der Waals surface area contributed by atoms with Gasteiger partial charge in [-0.05, 0) is 38.0 Å². The Balaban J connectivity index is 1.18. The highest BCUT2D eigenvalue weighted by Gasteiger charge is 2.27. The molecule has 0 bridgehead atoms. The van der Waals surface area contributed by atoms with Gasteiger partial charge in [-0.2, -0.15) is 4.31 Å². The molecule has 30 heavy (non-hydrogen) atoms. The summed E-state index contributed by atoms with van der Waals surface area (Å²) in [6, 6.07) is 2.61. The first-order valence-corrected chi connectivity index (χ1v) is 12.8. The molecule has 0 radical (unpaired) electrons. The summed E-state index contributed by atoms with van der Waals surface area (Å²) in [6.07, 6.45) is 8.86. The van der Waals surface area contributed by atoms with E-state index in [9.17, 15) is 13.2 Å². The maximum atomic E-state index is 12.5. The number of nitrogens with one attached hydrogen (secondary N) is 1. The number of nitrogens with zero attached hydrogens (tertiary/aromatic N) is 5. The lowest BCUT2D eigenvalue weighted by atomic mass is 9.92. The fraction of sp³-hybridized carbons (Fsp3) is 0.750. The number of sulfonamides is 1. The van der Waals surface area contributed by atoms with Crippen molar-refractivity contribution in [3.05, 3.63) is 12.4 Å². The zero-order valence-corrected chi connectivity index (χ0v) is 18.5. The molecule has 4 rings (SSSR count). The molecule has 0 aromatic carbocycles. The second-order valence-electron chi connectivity index (χ2n) is 8.69. The lowest BCUT2D eigenvalue weighted by Crippen LogP contribution is -2.50. The van der Waals surface area contributed by atoms with Crippen LogP contribution in [0.4, 0.5) is 11.6 Å². The van der Waals surface area contributed by atoms with Gasteiger partial charge in [-0.3, -0.25) is 4.79 Å². The van der Waals surface area contributed by atoms with Crippen LogP contribution in [0.5, 0.6) is 0 Å². The monoisotopic (exact) mass is 436 g/mol. The molecule has 2 aliphatic heterocycles. The molecule has 3 heterocycles. The van der Waals surface area contributed by atoms with Crippen LogP contribution < -0.4 is 10.2 Å². The molecule has 0 atom stereocenters. The van der Waals surface area contributed by atoms with E-state index in [1.807, 2.05) is 11.0 Å². The SMILES string of the molecule is CS(=O)(=O)N1CCN(C(=O)CCC2CCN(c3cc(NC4CC4)ncn3)CC2)CC1. The predicted octanol–water partition coefficient (Wildman–Crippen LogP) is 1.15. The summed E-state index contributed by atoms with van der Waals surface area (Å²) in [5.41, 5.74) is 0. The number of carbonyl (C=O) groups is 1. The number of aromatic nitrogens is 2. The zero-order chi connectivity index (χ0) is 21.1. The van der Waals surface area contributed by atoms with Crippen LogP contribution in [0.3, 0.4) is 0 Å². The minimum atomic E-state index is -3.16. The van der Waals surface area contributed by atoms with Gasteiger partial charge >= 0.3 is 0 Å². The summed E-state index contributed by atoms with van der Waals surface area (Å²) >= 11 is 0. The standard InChI is InChI=1S/C20H32N6O3S/c1-30(28,29)26-12-10-25(11-13-26)20(27)5-2-16-6-8-24(9-7-16)19-14-18(21-15-22-19)23-17-3-4-17/h14-17H,2-13H2,1H3,(H,21,22,23). The van der Waals surface area contributed by atoms with Crippen molar-refractivity contribution in [2.45, 2.75) is 44.6 Å². The summed E-state index contributed by atoms with van der Waals surface area (Å²) < 4.78 is 24.6. The predicted molar refractivity (Wildman–Crippen MR) is 116 cm³/mol. The van der Waals surface area contributed by atoms with Gasteiger partial charge in [0.1, 0.15) is 18.0 Å². The van der Waals surface area contributed by atoms with E-state index in [0.717, 1.165) is 44.0 Å². The first-order valence-electron chi connectivity index (χ1n) is 10.9. The Bertz CT molecular complexity index is 844. The average molecular weight is 437 g/mol. The van der Waals surface area contributed by atoms with E-state index >= 15 is 0 Å². The maximum Gasteiger partial charge on any atom is 0.222 e. The van der Waals surface area contributed by atoms with Crippen LogP contribution >= 0.6 is 0 Å². The Labute approximate surface area is 178 Å². The third-order valence-corrected chi connectivity index (χ3v) is 7.65. The summed E-state index contributed by atoms with van der Waals surface area (Å²) in [6.45, 7) is 3.70. The highest BCUT2D eigenvalue weighted by Crippen LogP contribution is 2.28. The van der Waals surface area contributed by atoms with Gasteiger partial charge in [0.25, 0.3) is 0 Å². The molecular weight excluding hydrogens is 404 g/mol. The van der Waals surface area contributed by atoms with Crippen molar-refractivity contribution in [3.8, 4) is 0 Å². The lowest BCUT2D eigenvalue weighted by Gasteiger charge is -2.35. The molecule has 10 heteroatoms. The summed E-state index contributed by atoms with van der Waals surface area (Å²) in [5, 5.41) is 3.42. The van der Waals surface area contributed by atoms with Gasteiger partial charge in [0, 0.05) is 57.8 Å². The number of amides is 1. The van der Waals surface area contributed by atoms with E-state index in [0.29, 0.717) is 44.6 Å². The van der Waals surface area contributed by atoms with Crippen LogP contribution in [0.25, 0.3) is 0 Å². The molecule has 1 aliphatic carbocycles. The largest absolute Gasteiger partial charge is 0.367 e. The number of carbonyl (C=O) groups excluding carboxylic acids is 1. The van der Waals surface area contributed by atoms with E-state index in [-0.39, 0.29) is 5.91 Å². The topological polar surface area (TPSA) is 98.7 Å². The van der Waals surface area contributed by atoms with Crippen LogP contribution in [-0.4, -0.2) is 85.1 Å². The second-order valence-corrected chi connectivity index (χ2v) is 10.7. The molecule has 1 aromatic rings. The zero-order valence-electron chi connectivity index (χ0n) is 17.7. The molecule has 1 aromatic heterocycles. The molecule has 3 fully saturated rings. The van der Waals surface area contributed by atoms with Crippen molar-refractivity contribution < 1.29 is 13.2 Å². The van der Waals surface area contributed by atoms with Crippen molar-refractivity contribution in [3.63, 3.8) is 0 Å². The van der Waals surface area contributed by atoms with E-state index in [1.165, 1.54) is 23.4 Å². The number of piperidine rings is 1. The first-order chi connectivity index (χ1) is 14.4. The Kier molecular flexibility index (Phi) is 6.43. The molecule has 9 nitrogen and oxygen atoms in total. The fourth-order valence-electron chi connectivity index (χ4n) is 4.24. The van der Waals surface area contributed by atoms with Crippen LogP contribution in [0.1, 0.15) is 38.5 Å². The minimum absolute atomic E-state index is 0.150. The van der Waals surface area contributed by atoms with Crippen molar-refractivity contribution in [2.75, 3.05) is 55.7 Å². The van der Waals surface area contributed by atoms with Gasteiger partial charge in [0.05, 0.1) is 6.26 Å². The van der Waals surface area contributed by atoms with Gasteiger partial charge in [0.15, 0.2) is 0 Å². The Hall–Kier alpha value is -1.94. The molecule has 1 N–H and O–H groups in total. The highest BCUT2D eigenvalue weighted by atomic mass is 32.2. The van der Waals surface area contributed by atoms with Crippen molar-refractivity contribution in [1.29, 1.82) is 0 Å². The Morgan fingerprint density at radius 2 is 1.77 bits per heavy atom. The number of hydrogen-bond acceptors (Lipinski definition) is 7. The van der Waals surface area contributed by atoms with E-state index < -0.39 is 10.0 Å². The van der Waals surface area contributed by atoms with E-state index in [4.69, 9.17) is 0 Å². The minimum Gasteiger partial charge on any atom is -0.367 e. The highest BCUT2D eigenvalue weighted by molar-refractivity contribution is 7.88. The van der Waals surface area contributed by atoms with E-state index in [1.54, 1.807) is 6.33 Å². The van der Waals surface area contributed by atoms with Crippen LogP contribution in [-0.2, 0) is 14.8 Å². The lowest BCUT2D eigenvalue weighted by molar-refractivity contribution is -0.132. The van der Waals surface area contributed by atoms with Gasteiger partial charge in [0.2, 0.25) is 15.9 Å². The number of piperazine rings is 1. The van der Waals surface area contributed by atoms with Crippen LogP contribution in [0.15, 0.2) is 12.4 Å². The van der Waals surface area contributed by atoms with E-state index in [2.05, 4.69) is 20.2 Å². The van der Waals surface area contributed by atoms with Crippen LogP contribution in [0.2, 0.25) is 0 Å². The quantitative estimate of drug-likeness (QED) is 0.685. The van der Waals surface area contributed by atoms with Gasteiger partial charge in [-0.25, -0.2) is 18.4 Å². The normalized spacial score (nSPS) is 21.6. The van der Waals surface area contributed by atoms with Crippen molar-refractivity contribution in [2.24, 2.45) is 5.92 Å². The second kappa shape index (κ2) is 9.05. The van der Waals surface area contributed by atoms with Crippen LogP contribution in [0, 0.1) is 5.92 Å². The number of anilines is 2. The molecule has 0 unspecified atom stereocenters. The maximum absolute atomic E-state index is 12.5. The Morgan fingerprint density at radius 1 is 1.07 bits per heavy atom. The smallest absolute Gasteiger partial charge is 0.222 e. The molecule has 0 spiro atoms. The number of rotatable bonds is 7. The molecule has 166 valence electrons.